The van der Waals surface area contributed by atoms with E-state index in [0.29, 0.717) is 16.5 Å². The van der Waals surface area contributed by atoms with Crippen molar-refractivity contribution >= 4 is 65.8 Å². The fraction of sp³-hybridized carbons (Fsp3) is 0.105. The summed E-state index contributed by atoms with van der Waals surface area (Å²) >= 11 is 13.1. The largest absolute Gasteiger partial charge is 0.483 e. The third-order valence-corrected chi connectivity index (χ3v) is 5.50. The molecule has 1 N–H and O–H groups in total. The fourth-order valence-corrected chi connectivity index (χ4v) is 3.59. The summed E-state index contributed by atoms with van der Waals surface area (Å²) in [5.41, 5.74) is 1.51. The molecule has 0 heterocycles. The Labute approximate surface area is 167 Å². The first-order valence-corrected chi connectivity index (χ1v) is 9.47. The Balaban J connectivity index is 1.72. The molecule has 0 fully saturated rings. The second kappa shape index (κ2) is 7.77. The number of carbonyl (C=O) groups excluding carboxylic acids is 1. The van der Waals surface area contributed by atoms with Gasteiger partial charge in [-0.05, 0) is 69.5 Å². The van der Waals surface area contributed by atoms with Gasteiger partial charge in [-0.1, -0.05) is 45.7 Å². The highest BCUT2D eigenvalue weighted by Gasteiger charge is 2.11. The molecule has 25 heavy (non-hydrogen) atoms. The first-order valence-electron chi connectivity index (χ1n) is 7.51. The van der Waals surface area contributed by atoms with E-state index in [4.69, 9.17) is 16.3 Å². The molecule has 0 aromatic heterocycles. The fourth-order valence-electron chi connectivity index (χ4n) is 2.43. The maximum Gasteiger partial charge on any atom is 0.262 e. The predicted octanol–water partition coefficient (Wildman–Crippen LogP) is 6.34. The molecule has 0 saturated heterocycles. The summed E-state index contributed by atoms with van der Waals surface area (Å²) in [7, 11) is 0. The van der Waals surface area contributed by atoms with E-state index in [-0.39, 0.29) is 12.5 Å². The molecule has 0 radical (unpaired) electrons. The van der Waals surface area contributed by atoms with Crippen molar-refractivity contribution in [3.63, 3.8) is 0 Å². The number of fused-ring (bicyclic) bond motifs is 1. The Kier molecular flexibility index (Phi) is 5.67. The van der Waals surface area contributed by atoms with Crippen LogP contribution in [0.5, 0.6) is 5.75 Å². The Morgan fingerprint density at radius 2 is 1.96 bits per heavy atom. The molecule has 0 saturated carbocycles. The summed E-state index contributed by atoms with van der Waals surface area (Å²) in [6.45, 7) is 1.77. The molecular formula is C19H14Br2ClNO2. The molecule has 6 heteroatoms. The Bertz CT molecular complexity index is 960. The van der Waals surface area contributed by atoms with Crippen LogP contribution in [0.2, 0.25) is 5.02 Å². The second-order valence-electron chi connectivity index (χ2n) is 5.49. The molecule has 1 amide bonds. The number of nitrogens with one attached hydrogen (secondary N) is 1. The van der Waals surface area contributed by atoms with Gasteiger partial charge in [0.15, 0.2) is 6.61 Å². The average molecular weight is 484 g/mol. The standard InChI is InChI=1S/C19H14Br2ClNO2/c1-11-15(22)3-2-4-16(11)23-18(24)10-25-17-8-5-12-9-13(20)6-7-14(12)19(17)21/h2-9H,10H2,1H3,(H,23,24). The number of rotatable bonds is 4. The van der Waals surface area contributed by atoms with Gasteiger partial charge in [0.2, 0.25) is 0 Å². The zero-order valence-electron chi connectivity index (χ0n) is 13.3. The number of halogens is 3. The number of ether oxygens (including phenoxy) is 1. The normalized spacial score (nSPS) is 10.7. The minimum Gasteiger partial charge on any atom is -0.483 e. The monoisotopic (exact) mass is 481 g/mol. The van der Waals surface area contributed by atoms with Crippen molar-refractivity contribution in [1.29, 1.82) is 0 Å². The lowest BCUT2D eigenvalue weighted by Gasteiger charge is -2.12. The number of hydrogen-bond donors (Lipinski definition) is 1. The van der Waals surface area contributed by atoms with E-state index in [1.807, 2.05) is 43.3 Å². The highest BCUT2D eigenvalue weighted by atomic mass is 79.9. The van der Waals surface area contributed by atoms with E-state index in [9.17, 15) is 4.79 Å². The van der Waals surface area contributed by atoms with Crippen LogP contribution < -0.4 is 10.1 Å². The minimum atomic E-state index is -0.242. The van der Waals surface area contributed by atoms with Gasteiger partial charge < -0.3 is 10.1 Å². The second-order valence-corrected chi connectivity index (χ2v) is 7.61. The molecule has 0 aliphatic rings. The third kappa shape index (κ3) is 4.17. The Morgan fingerprint density at radius 3 is 2.76 bits per heavy atom. The lowest BCUT2D eigenvalue weighted by atomic mass is 10.1. The molecule has 0 atom stereocenters. The molecule has 3 nitrogen and oxygen atoms in total. The number of amides is 1. The highest BCUT2D eigenvalue weighted by Crippen LogP contribution is 2.34. The predicted molar refractivity (Wildman–Crippen MR) is 110 cm³/mol. The number of hydrogen-bond acceptors (Lipinski definition) is 2. The van der Waals surface area contributed by atoms with Gasteiger partial charge in [0.1, 0.15) is 5.75 Å². The van der Waals surface area contributed by atoms with Crippen LogP contribution in [0.25, 0.3) is 10.8 Å². The van der Waals surface area contributed by atoms with Gasteiger partial charge in [0.05, 0.1) is 4.47 Å². The van der Waals surface area contributed by atoms with Gasteiger partial charge in [-0.15, -0.1) is 0 Å². The summed E-state index contributed by atoms with van der Waals surface area (Å²) < 4.78 is 7.51. The molecule has 0 bridgehead atoms. The Hall–Kier alpha value is -1.56. The van der Waals surface area contributed by atoms with Gasteiger partial charge in [0, 0.05) is 15.2 Å². The molecule has 0 spiro atoms. The number of carbonyl (C=O) groups is 1. The van der Waals surface area contributed by atoms with Crippen molar-refractivity contribution < 1.29 is 9.53 Å². The zero-order chi connectivity index (χ0) is 18.0. The quantitative estimate of drug-likeness (QED) is 0.470. The van der Waals surface area contributed by atoms with Crippen molar-refractivity contribution in [3.8, 4) is 5.75 Å². The molecular weight excluding hydrogens is 469 g/mol. The SMILES string of the molecule is Cc1c(Cl)cccc1NC(=O)COc1ccc2cc(Br)ccc2c1Br. The highest BCUT2D eigenvalue weighted by molar-refractivity contribution is 9.11. The number of anilines is 1. The van der Waals surface area contributed by atoms with E-state index in [0.717, 1.165) is 25.3 Å². The maximum absolute atomic E-state index is 12.2. The van der Waals surface area contributed by atoms with Crippen LogP contribution >= 0.6 is 43.5 Å². The number of benzene rings is 3. The average Bonchev–Trinajstić information content (AvgIpc) is 2.58. The van der Waals surface area contributed by atoms with E-state index >= 15 is 0 Å². The molecule has 3 aromatic rings. The summed E-state index contributed by atoms with van der Waals surface area (Å²) in [6, 6.07) is 15.2. The van der Waals surface area contributed by atoms with E-state index in [2.05, 4.69) is 37.2 Å². The third-order valence-electron chi connectivity index (χ3n) is 3.78. The van der Waals surface area contributed by atoms with Crippen LogP contribution in [0, 0.1) is 6.92 Å². The van der Waals surface area contributed by atoms with Crippen molar-refractivity contribution in [3.05, 3.63) is 68.1 Å². The first kappa shape index (κ1) is 18.2. The van der Waals surface area contributed by atoms with Gasteiger partial charge >= 0.3 is 0 Å². The zero-order valence-corrected chi connectivity index (χ0v) is 17.2. The first-order chi connectivity index (χ1) is 12.0. The minimum absolute atomic E-state index is 0.0907. The summed E-state index contributed by atoms with van der Waals surface area (Å²) in [6.07, 6.45) is 0. The van der Waals surface area contributed by atoms with Crippen molar-refractivity contribution in [2.24, 2.45) is 0 Å². The van der Waals surface area contributed by atoms with Gasteiger partial charge in [-0.3, -0.25) is 4.79 Å². The van der Waals surface area contributed by atoms with Crippen LogP contribution in [-0.2, 0) is 4.79 Å². The van der Waals surface area contributed by atoms with Crippen molar-refractivity contribution in [1.82, 2.24) is 0 Å². The van der Waals surface area contributed by atoms with Gasteiger partial charge in [-0.2, -0.15) is 0 Å². The molecule has 3 rings (SSSR count). The molecule has 3 aromatic carbocycles. The molecule has 0 aliphatic carbocycles. The van der Waals surface area contributed by atoms with Crippen molar-refractivity contribution in [2.75, 3.05) is 11.9 Å². The lowest BCUT2D eigenvalue weighted by Crippen LogP contribution is -2.20. The molecule has 0 aliphatic heterocycles. The topological polar surface area (TPSA) is 38.3 Å². The summed E-state index contributed by atoms with van der Waals surface area (Å²) in [5, 5.41) is 5.53. The Morgan fingerprint density at radius 1 is 1.16 bits per heavy atom. The van der Waals surface area contributed by atoms with E-state index < -0.39 is 0 Å². The van der Waals surface area contributed by atoms with E-state index in [1.54, 1.807) is 12.1 Å². The van der Waals surface area contributed by atoms with Gasteiger partial charge in [0.25, 0.3) is 5.91 Å². The van der Waals surface area contributed by atoms with Crippen LogP contribution in [-0.4, -0.2) is 12.5 Å². The smallest absolute Gasteiger partial charge is 0.262 e. The molecule has 128 valence electrons. The van der Waals surface area contributed by atoms with E-state index in [1.165, 1.54) is 0 Å². The maximum atomic E-state index is 12.2. The van der Waals surface area contributed by atoms with Gasteiger partial charge in [-0.25, -0.2) is 0 Å². The molecule has 0 unspecified atom stereocenters. The van der Waals surface area contributed by atoms with Crippen LogP contribution in [0.3, 0.4) is 0 Å². The van der Waals surface area contributed by atoms with Crippen LogP contribution in [0.1, 0.15) is 5.56 Å². The van der Waals surface area contributed by atoms with Crippen molar-refractivity contribution in [2.45, 2.75) is 6.92 Å². The summed E-state index contributed by atoms with van der Waals surface area (Å²) in [5.74, 6) is 0.376. The summed E-state index contributed by atoms with van der Waals surface area (Å²) in [4.78, 5) is 12.2. The van der Waals surface area contributed by atoms with Crippen LogP contribution in [0.15, 0.2) is 57.5 Å². The van der Waals surface area contributed by atoms with Crippen LogP contribution in [0.4, 0.5) is 5.69 Å². The lowest BCUT2D eigenvalue weighted by molar-refractivity contribution is -0.118.